The highest BCUT2D eigenvalue weighted by molar-refractivity contribution is 5.76. The normalized spacial score (nSPS) is 12.5. The molecule has 0 aromatic rings. The van der Waals surface area contributed by atoms with Crippen LogP contribution >= 0.6 is 0 Å². The fourth-order valence-corrected chi connectivity index (χ4v) is 8.52. The Morgan fingerprint density at radius 1 is 0.407 bits per heavy atom. The van der Waals surface area contributed by atoms with Crippen LogP contribution < -0.4 is 5.32 Å². The fourth-order valence-electron chi connectivity index (χ4n) is 8.52. The van der Waals surface area contributed by atoms with Gasteiger partial charge in [0.1, 0.15) is 0 Å². The fraction of sp³-hybridized carbons (Fsp3) is 0.962. The van der Waals surface area contributed by atoms with E-state index in [-0.39, 0.29) is 18.5 Å². The van der Waals surface area contributed by atoms with E-state index in [9.17, 15) is 19.8 Å². The molecule has 0 spiro atoms. The number of carbonyl (C=O) groups is 2. The van der Waals surface area contributed by atoms with E-state index in [2.05, 4.69) is 19.2 Å². The second-order valence-electron chi connectivity index (χ2n) is 18.6. The topological polar surface area (TPSA) is 95.9 Å². The van der Waals surface area contributed by atoms with Gasteiger partial charge in [-0.2, -0.15) is 0 Å². The quantitative estimate of drug-likeness (QED) is 0.0419. The molecule has 0 aliphatic rings. The van der Waals surface area contributed by atoms with Crippen molar-refractivity contribution in [3.8, 4) is 0 Å². The Balaban J connectivity index is 3.37. The summed E-state index contributed by atoms with van der Waals surface area (Å²) >= 11 is 0. The molecule has 0 bridgehead atoms. The van der Waals surface area contributed by atoms with Gasteiger partial charge >= 0.3 is 5.97 Å². The van der Waals surface area contributed by atoms with Crippen molar-refractivity contribution in [2.75, 3.05) is 13.2 Å². The van der Waals surface area contributed by atoms with E-state index in [1.54, 1.807) is 0 Å². The van der Waals surface area contributed by atoms with Gasteiger partial charge in [0.05, 0.1) is 25.4 Å². The van der Waals surface area contributed by atoms with Crippen LogP contribution in [0.3, 0.4) is 0 Å². The summed E-state index contributed by atoms with van der Waals surface area (Å²) in [5, 5.41) is 23.1. The Hall–Kier alpha value is -1.14. The van der Waals surface area contributed by atoms with Crippen LogP contribution in [0.2, 0.25) is 0 Å². The maximum Gasteiger partial charge on any atom is 0.305 e. The lowest BCUT2D eigenvalue weighted by Gasteiger charge is -2.22. The van der Waals surface area contributed by atoms with Gasteiger partial charge in [0.15, 0.2) is 0 Å². The monoisotopic (exact) mass is 836 g/mol. The van der Waals surface area contributed by atoms with Crippen LogP contribution in [-0.4, -0.2) is 47.4 Å². The van der Waals surface area contributed by atoms with Gasteiger partial charge in [-0.15, -0.1) is 0 Å². The summed E-state index contributed by atoms with van der Waals surface area (Å²) in [5.74, 6) is -0.0259. The number of hydrogen-bond donors (Lipinski definition) is 3. The zero-order valence-corrected chi connectivity index (χ0v) is 40.0. The van der Waals surface area contributed by atoms with E-state index in [4.69, 9.17) is 4.74 Å². The Kier molecular flexibility index (Phi) is 48.6. The maximum absolute atomic E-state index is 12.4. The highest BCUT2D eigenvalue weighted by Gasteiger charge is 2.20. The van der Waals surface area contributed by atoms with E-state index < -0.39 is 12.1 Å². The molecular formula is C53H105NO5. The molecule has 352 valence electrons. The number of rotatable bonds is 50. The Morgan fingerprint density at radius 3 is 1.03 bits per heavy atom. The van der Waals surface area contributed by atoms with Crippen LogP contribution in [0.5, 0.6) is 0 Å². The number of unbranched alkanes of at least 4 members (excludes halogenated alkanes) is 39. The highest BCUT2D eigenvalue weighted by Crippen LogP contribution is 2.17. The molecule has 0 aliphatic heterocycles. The summed E-state index contributed by atoms with van der Waals surface area (Å²) < 4.78 is 5.46. The maximum atomic E-state index is 12.4. The lowest BCUT2D eigenvalue weighted by molar-refractivity contribution is -0.143. The number of aliphatic hydroxyl groups excluding tert-OH is 2. The lowest BCUT2D eigenvalue weighted by Crippen LogP contribution is -2.45. The summed E-state index contributed by atoms with van der Waals surface area (Å²) in [6, 6.07) is -0.539. The zero-order valence-electron chi connectivity index (χ0n) is 40.0. The molecule has 0 radical (unpaired) electrons. The highest BCUT2D eigenvalue weighted by atomic mass is 16.5. The third kappa shape index (κ3) is 46.2. The molecular weight excluding hydrogens is 731 g/mol. The third-order valence-electron chi connectivity index (χ3n) is 12.7. The van der Waals surface area contributed by atoms with E-state index in [0.717, 1.165) is 38.5 Å². The van der Waals surface area contributed by atoms with Gasteiger partial charge in [-0.05, 0) is 25.7 Å². The summed E-state index contributed by atoms with van der Waals surface area (Å²) in [4.78, 5) is 24.4. The van der Waals surface area contributed by atoms with Crippen LogP contribution in [-0.2, 0) is 14.3 Å². The van der Waals surface area contributed by atoms with Crippen molar-refractivity contribution in [2.45, 2.75) is 315 Å². The molecule has 0 fully saturated rings. The Morgan fingerprint density at radius 2 is 0.695 bits per heavy atom. The number of ether oxygens (including phenoxy) is 1. The van der Waals surface area contributed by atoms with Crippen molar-refractivity contribution in [3.05, 3.63) is 0 Å². The minimum Gasteiger partial charge on any atom is -0.466 e. The predicted molar refractivity (Wildman–Crippen MR) is 255 cm³/mol. The van der Waals surface area contributed by atoms with Crippen molar-refractivity contribution in [2.24, 2.45) is 0 Å². The van der Waals surface area contributed by atoms with Crippen molar-refractivity contribution < 1.29 is 24.5 Å². The first kappa shape index (κ1) is 57.9. The average Bonchev–Trinajstić information content (AvgIpc) is 3.24. The van der Waals surface area contributed by atoms with Gasteiger partial charge in [0.2, 0.25) is 5.91 Å². The predicted octanol–water partition coefficient (Wildman–Crippen LogP) is 16.0. The Bertz CT molecular complexity index is 837. The largest absolute Gasteiger partial charge is 0.466 e. The summed E-state index contributed by atoms with van der Waals surface area (Å²) in [6.45, 7) is 4.95. The van der Waals surface area contributed by atoms with Gasteiger partial charge in [0.25, 0.3) is 0 Å². The molecule has 0 heterocycles. The number of carbonyl (C=O) groups excluding carboxylic acids is 2. The van der Waals surface area contributed by atoms with E-state index >= 15 is 0 Å². The zero-order chi connectivity index (χ0) is 43.0. The Labute approximate surface area is 368 Å². The van der Waals surface area contributed by atoms with Gasteiger partial charge in [-0.25, -0.2) is 0 Å². The first-order chi connectivity index (χ1) is 29.0. The first-order valence-electron chi connectivity index (χ1n) is 26.8. The van der Waals surface area contributed by atoms with Crippen molar-refractivity contribution >= 4 is 11.9 Å². The second-order valence-corrected chi connectivity index (χ2v) is 18.6. The summed E-state index contributed by atoms with van der Waals surface area (Å²) in [5.41, 5.74) is 0. The van der Waals surface area contributed by atoms with Crippen LogP contribution in [0.15, 0.2) is 0 Å². The molecule has 0 aliphatic carbocycles. The number of nitrogens with one attached hydrogen (secondary N) is 1. The molecule has 59 heavy (non-hydrogen) atoms. The molecule has 2 unspecified atom stereocenters. The van der Waals surface area contributed by atoms with E-state index in [1.165, 1.54) is 231 Å². The molecule has 6 heteroatoms. The van der Waals surface area contributed by atoms with Crippen molar-refractivity contribution in [3.63, 3.8) is 0 Å². The summed E-state index contributed by atoms with van der Waals surface area (Å²) in [7, 11) is 0. The van der Waals surface area contributed by atoms with Gasteiger partial charge < -0.3 is 20.3 Å². The third-order valence-corrected chi connectivity index (χ3v) is 12.7. The van der Waals surface area contributed by atoms with Crippen LogP contribution in [0.1, 0.15) is 303 Å². The van der Waals surface area contributed by atoms with Crippen LogP contribution in [0, 0.1) is 0 Å². The smallest absolute Gasteiger partial charge is 0.305 e. The number of esters is 1. The molecule has 3 N–H and O–H groups in total. The van der Waals surface area contributed by atoms with Gasteiger partial charge in [-0.1, -0.05) is 264 Å². The average molecular weight is 836 g/mol. The van der Waals surface area contributed by atoms with E-state index in [1.807, 2.05) is 0 Å². The molecule has 0 rings (SSSR count). The van der Waals surface area contributed by atoms with Gasteiger partial charge in [0, 0.05) is 12.8 Å². The van der Waals surface area contributed by atoms with Crippen molar-refractivity contribution in [1.29, 1.82) is 0 Å². The molecule has 0 saturated carbocycles. The molecule has 2 atom stereocenters. The van der Waals surface area contributed by atoms with E-state index in [0.29, 0.717) is 25.9 Å². The minimum atomic E-state index is -0.662. The lowest BCUT2D eigenvalue weighted by atomic mass is 10.0. The number of aliphatic hydroxyl groups is 2. The number of hydrogen-bond acceptors (Lipinski definition) is 5. The van der Waals surface area contributed by atoms with Gasteiger partial charge in [-0.3, -0.25) is 9.59 Å². The SMILES string of the molecule is CCCCCCCCCCCCCC(=O)OCCCCCCCCCCCCCCCCCCCCCCC(=O)NC(CO)C(O)CCCCCCCCCCCCC. The molecule has 0 aromatic heterocycles. The van der Waals surface area contributed by atoms with Crippen LogP contribution in [0.4, 0.5) is 0 Å². The van der Waals surface area contributed by atoms with Crippen LogP contribution in [0.25, 0.3) is 0 Å². The first-order valence-corrected chi connectivity index (χ1v) is 26.8. The number of amides is 1. The van der Waals surface area contributed by atoms with Crippen molar-refractivity contribution in [1.82, 2.24) is 5.32 Å². The minimum absolute atomic E-state index is 0.0107. The molecule has 6 nitrogen and oxygen atoms in total. The summed E-state index contributed by atoms with van der Waals surface area (Å²) in [6.07, 6.45) is 55.1. The molecule has 0 saturated heterocycles. The second kappa shape index (κ2) is 49.5. The standard InChI is InChI=1S/C53H105NO5/c1-3-5-7-9-11-13-25-29-33-37-41-45-51(56)50(49-55)54-52(57)46-42-38-34-30-27-23-21-19-17-15-16-18-20-22-24-28-32-36-40-44-48-59-53(58)47-43-39-35-31-26-14-12-10-8-6-4-2/h50-51,55-56H,3-49H2,1-2H3,(H,54,57). The molecule has 0 aromatic carbocycles. The molecule has 1 amide bonds.